The summed E-state index contributed by atoms with van der Waals surface area (Å²) in [5.74, 6) is 0. The fourth-order valence-electron chi connectivity index (χ4n) is 0. The van der Waals surface area contributed by atoms with Crippen molar-refractivity contribution < 1.29 is 48.0 Å². The standard InChI is InChI=1S/Ce.O2P/c;1-3-2. The Balaban J connectivity index is 3.51. The zero-order valence-corrected chi connectivity index (χ0v) is 5.80. The van der Waals surface area contributed by atoms with Crippen molar-refractivity contribution in [1.82, 2.24) is 0 Å². The number of hydrogen-bond acceptors (Lipinski definition) is 2. The van der Waals surface area contributed by atoms with E-state index in [1.165, 1.54) is 0 Å². The first-order valence-corrected chi connectivity index (χ1v) is 5.98. The van der Waals surface area contributed by atoms with Crippen molar-refractivity contribution in [3.8, 4) is 0 Å². The van der Waals surface area contributed by atoms with Crippen LogP contribution >= 0.6 is 2.42 Å². The van der Waals surface area contributed by atoms with Crippen molar-refractivity contribution in [3.05, 3.63) is 0 Å². The third-order valence-corrected chi connectivity index (χ3v) is 0. The quantitative estimate of drug-likeness (QED) is 0.541. The monoisotopic (exact) mass is 203 g/mol. The molecule has 0 aliphatic rings. The molecule has 0 saturated heterocycles. The van der Waals surface area contributed by atoms with Gasteiger partial charge in [-0.25, -0.2) is 0 Å². The molecule has 0 aromatic rings. The Morgan fingerprint density at radius 3 is 1.50 bits per heavy atom. The zero-order chi connectivity index (χ0) is 3.58. The van der Waals surface area contributed by atoms with E-state index in [1.807, 2.05) is 0 Å². The van der Waals surface area contributed by atoms with Crippen LogP contribution in [0.25, 0.3) is 0 Å². The van der Waals surface area contributed by atoms with Gasteiger partial charge in [-0.15, -0.1) is 0 Å². The SMILES string of the molecule is O=[P](=O)[Ce]. The fourth-order valence-corrected chi connectivity index (χ4v) is 0. The Kier molecular flexibility index (Phi) is 3.31. The van der Waals surface area contributed by atoms with Crippen molar-refractivity contribution in [2.45, 2.75) is 0 Å². The van der Waals surface area contributed by atoms with Gasteiger partial charge in [0.05, 0.1) is 0 Å². The summed E-state index contributed by atoms with van der Waals surface area (Å²) in [6.45, 7) is 0. The minimum atomic E-state index is -1.98. The molecule has 4 heteroatoms. The van der Waals surface area contributed by atoms with Crippen LogP contribution in [0.3, 0.4) is 0 Å². The molecule has 0 atom stereocenters. The molecule has 0 N–H and O–H groups in total. The predicted octanol–water partition coefficient (Wildman–Crippen LogP) is 0.624. The third kappa shape index (κ3) is 10.4. The van der Waals surface area contributed by atoms with Crippen molar-refractivity contribution in [2.75, 3.05) is 0 Å². The van der Waals surface area contributed by atoms with Crippen molar-refractivity contribution >= 4 is 2.42 Å². The van der Waals surface area contributed by atoms with Gasteiger partial charge in [-0.3, -0.25) is 0 Å². The first-order chi connectivity index (χ1) is 1.73. The molecule has 4 heavy (non-hydrogen) atoms. The van der Waals surface area contributed by atoms with Crippen molar-refractivity contribution in [2.24, 2.45) is 0 Å². The van der Waals surface area contributed by atoms with E-state index in [0.717, 1.165) is 0 Å². The summed E-state index contributed by atoms with van der Waals surface area (Å²) in [7, 11) is 0. The van der Waals surface area contributed by atoms with E-state index in [1.54, 1.807) is 0 Å². The van der Waals surface area contributed by atoms with E-state index in [0.29, 0.717) is 38.9 Å². The van der Waals surface area contributed by atoms with E-state index in [9.17, 15) is 0 Å². The molecule has 0 heterocycles. The Hall–Kier alpha value is 1.28. The van der Waals surface area contributed by atoms with Crippen LogP contribution in [0.5, 0.6) is 0 Å². The van der Waals surface area contributed by atoms with Gasteiger partial charge >= 0.3 is 50.4 Å². The average molecular weight is 203 g/mol. The molecule has 0 aliphatic carbocycles. The molecule has 0 spiro atoms. The molecule has 0 aromatic carbocycles. The predicted molar refractivity (Wildman–Crippen MR) is 8.29 cm³/mol. The maximum absolute atomic E-state index is 9.10. The molecule has 0 aromatic heterocycles. The van der Waals surface area contributed by atoms with Gasteiger partial charge in [-0.1, -0.05) is 0 Å². The van der Waals surface area contributed by atoms with Crippen LogP contribution in [-0.2, 0) is 9.13 Å². The molecule has 0 radical (unpaired) electrons. The topological polar surface area (TPSA) is 34.1 Å². The van der Waals surface area contributed by atoms with Gasteiger partial charge in [-0.2, -0.15) is 0 Å². The summed E-state index contributed by atoms with van der Waals surface area (Å²) < 4.78 is 16.2. The molecule has 0 unspecified atom stereocenters. The molecule has 0 aliphatic heterocycles. The molecule has 0 amide bonds. The van der Waals surface area contributed by atoms with Gasteiger partial charge in [0.25, 0.3) is 0 Å². The van der Waals surface area contributed by atoms with Crippen LogP contribution in [0.15, 0.2) is 0 Å². The molecule has 0 saturated carbocycles. The zero-order valence-electron chi connectivity index (χ0n) is 1.76. The summed E-state index contributed by atoms with van der Waals surface area (Å²) in [6, 6.07) is 0. The molecule has 0 rings (SSSR count). The number of hydrogen-bond donors (Lipinski definition) is 0. The van der Waals surface area contributed by atoms with Crippen LogP contribution in [0.4, 0.5) is 0 Å². The summed E-state index contributed by atoms with van der Waals surface area (Å²) in [5, 5.41) is 0. The summed E-state index contributed by atoms with van der Waals surface area (Å²) in [4.78, 5) is 0. The first kappa shape index (κ1) is 5.28. The van der Waals surface area contributed by atoms with E-state index >= 15 is 0 Å². The van der Waals surface area contributed by atoms with Gasteiger partial charge in [0.15, 0.2) is 0 Å². The maximum atomic E-state index is 9.10. The minimum absolute atomic E-state index is 0.302. The second-order valence-corrected chi connectivity index (χ2v) is 4.21. The van der Waals surface area contributed by atoms with Crippen LogP contribution in [0.1, 0.15) is 0 Å². The molecule has 2 nitrogen and oxygen atoms in total. The van der Waals surface area contributed by atoms with E-state index in [-0.39, 0.29) is 0 Å². The Morgan fingerprint density at radius 2 is 1.50 bits per heavy atom. The van der Waals surface area contributed by atoms with Gasteiger partial charge in [0.2, 0.25) is 0 Å². The second kappa shape index (κ2) is 2.51. The van der Waals surface area contributed by atoms with Crippen molar-refractivity contribution in [3.63, 3.8) is 0 Å². The first-order valence-electron chi connectivity index (χ1n) is 0.589. The third-order valence-electron chi connectivity index (χ3n) is 0. The Morgan fingerprint density at radius 1 is 1.50 bits per heavy atom. The number of rotatable bonds is 0. The Labute approximate surface area is 49.8 Å². The Bertz CT molecular complexity index is 54.4. The summed E-state index contributed by atoms with van der Waals surface area (Å²) in [6.07, 6.45) is 0. The fraction of sp³-hybridized carbons (Fsp3) is 0. The van der Waals surface area contributed by atoms with Crippen LogP contribution in [0.2, 0.25) is 0 Å². The van der Waals surface area contributed by atoms with Gasteiger partial charge in [-0.05, 0) is 0 Å². The van der Waals surface area contributed by atoms with Gasteiger partial charge in [0.1, 0.15) is 0 Å². The molecule has 0 fully saturated rings. The van der Waals surface area contributed by atoms with E-state index in [2.05, 4.69) is 0 Å². The molecule has 21 valence electrons. The van der Waals surface area contributed by atoms with Crippen LogP contribution in [-0.4, -0.2) is 0 Å². The second-order valence-electron chi connectivity index (χ2n) is 0.257. The van der Waals surface area contributed by atoms with E-state index in [4.69, 9.17) is 9.13 Å². The summed E-state index contributed by atoms with van der Waals surface area (Å²) >= 11 is 0.302. The molecule has 0 bridgehead atoms. The van der Waals surface area contributed by atoms with Crippen LogP contribution < -0.4 is 0 Å². The average Bonchev–Trinajstić information content (AvgIpc) is 0.811. The van der Waals surface area contributed by atoms with Gasteiger partial charge < -0.3 is 0 Å². The molecular formula is CeO2P. The van der Waals surface area contributed by atoms with Crippen molar-refractivity contribution in [1.29, 1.82) is 0 Å². The van der Waals surface area contributed by atoms with Crippen LogP contribution in [0, 0.1) is 38.9 Å². The summed E-state index contributed by atoms with van der Waals surface area (Å²) in [5.41, 5.74) is 0. The normalized spacial score (nSPS) is 5.75. The van der Waals surface area contributed by atoms with E-state index < -0.39 is 2.42 Å². The van der Waals surface area contributed by atoms with Gasteiger partial charge in [0, 0.05) is 0 Å². The molecular weight excluding hydrogens is 203 g/mol.